The van der Waals surface area contributed by atoms with Gasteiger partial charge in [0.2, 0.25) is 0 Å². The van der Waals surface area contributed by atoms with E-state index in [2.05, 4.69) is 15.3 Å². The molecular weight excluding hydrogens is 296 g/mol. The van der Waals surface area contributed by atoms with Crippen LogP contribution >= 0.6 is 0 Å². The van der Waals surface area contributed by atoms with Gasteiger partial charge in [-0.1, -0.05) is 17.3 Å². The number of hydrogen-bond acceptors (Lipinski definition) is 5. The molecule has 0 aliphatic rings. The summed E-state index contributed by atoms with van der Waals surface area (Å²) in [5, 5.41) is 6.48. The molecule has 0 atom stereocenters. The van der Waals surface area contributed by atoms with E-state index in [4.69, 9.17) is 9.47 Å². The average Bonchev–Trinajstić information content (AvgIpc) is 2.60. The van der Waals surface area contributed by atoms with Gasteiger partial charge in [-0.15, -0.1) is 0 Å². The van der Waals surface area contributed by atoms with E-state index >= 15 is 0 Å². The molecule has 6 nitrogen and oxygen atoms in total. The third-order valence-corrected chi connectivity index (χ3v) is 3.13. The van der Waals surface area contributed by atoms with Crippen LogP contribution in [0.25, 0.3) is 0 Å². The van der Waals surface area contributed by atoms with Crippen LogP contribution in [0.2, 0.25) is 0 Å². The molecule has 2 aromatic carbocycles. The molecule has 1 amide bonds. The van der Waals surface area contributed by atoms with Gasteiger partial charge in [0, 0.05) is 11.6 Å². The fourth-order valence-electron chi connectivity index (χ4n) is 1.94. The molecule has 0 saturated heterocycles. The largest absolute Gasteiger partial charge is 0.497 e. The zero-order valence-electron chi connectivity index (χ0n) is 13.2. The molecule has 0 aliphatic heterocycles. The van der Waals surface area contributed by atoms with E-state index in [0.29, 0.717) is 22.7 Å². The van der Waals surface area contributed by atoms with Gasteiger partial charge >= 0.3 is 0 Å². The number of anilines is 1. The number of carbonyl (C=O) groups is 1. The lowest BCUT2D eigenvalue weighted by atomic mass is 10.1. The van der Waals surface area contributed by atoms with Crippen molar-refractivity contribution in [1.82, 2.24) is 0 Å². The summed E-state index contributed by atoms with van der Waals surface area (Å²) in [7, 11) is 4.58. The smallest absolute Gasteiger partial charge is 0.255 e. The summed E-state index contributed by atoms with van der Waals surface area (Å²) in [6.07, 6.45) is 1.56. The highest BCUT2D eigenvalue weighted by atomic mass is 16.6. The van der Waals surface area contributed by atoms with Gasteiger partial charge in [-0.3, -0.25) is 4.79 Å². The van der Waals surface area contributed by atoms with Crippen LogP contribution in [0.3, 0.4) is 0 Å². The lowest BCUT2D eigenvalue weighted by molar-refractivity contribution is 0.102. The van der Waals surface area contributed by atoms with Crippen molar-refractivity contribution in [2.75, 3.05) is 26.6 Å². The number of oxime groups is 1. The van der Waals surface area contributed by atoms with Gasteiger partial charge in [-0.05, 0) is 29.8 Å². The summed E-state index contributed by atoms with van der Waals surface area (Å²) in [5.41, 5.74) is 1.90. The third kappa shape index (κ3) is 4.23. The first kappa shape index (κ1) is 16.4. The summed E-state index contributed by atoms with van der Waals surface area (Å²) < 4.78 is 10.4. The molecule has 0 aliphatic carbocycles. The second-order valence-corrected chi connectivity index (χ2v) is 4.56. The second-order valence-electron chi connectivity index (χ2n) is 4.56. The van der Waals surface area contributed by atoms with Crippen LogP contribution in [0, 0.1) is 0 Å². The van der Waals surface area contributed by atoms with Crippen molar-refractivity contribution in [2.24, 2.45) is 5.16 Å². The van der Waals surface area contributed by atoms with E-state index in [-0.39, 0.29) is 5.91 Å². The number of ether oxygens (including phenoxy) is 2. The predicted molar refractivity (Wildman–Crippen MR) is 88.5 cm³/mol. The number of rotatable bonds is 6. The molecule has 120 valence electrons. The molecule has 0 spiro atoms. The first-order valence-electron chi connectivity index (χ1n) is 6.88. The first-order chi connectivity index (χ1) is 11.2. The number of nitrogens with one attached hydrogen (secondary N) is 1. The van der Waals surface area contributed by atoms with E-state index in [1.165, 1.54) is 7.11 Å². The monoisotopic (exact) mass is 314 g/mol. The Morgan fingerprint density at radius 1 is 1.04 bits per heavy atom. The number of methoxy groups -OCH3 is 2. The Morgan fingerprint density at radius 3 is 2.39 bits per heavy atom. The molecule has 6 heteroatoms. The Bertz CT molecular complexity index is 696. The van der Waals surface area contributed by atoms with E-state index in [9.17, 15) is 4.79 Å². The van der Waals surface area contributed by atoms with E-state index in [0.717, 1.165) is 5.56 Å². The normalized spacial score (nSPS) is 10.4. The van der Waals surface area contributed by atoms with Crippen molar-refractivity contribution in [3.05, 3.63) is 53.6 Å². The van der Waals surface area contributed by atoms with Crippen LogP contribution in [-0.4, -0.2) is 33.5 Å². The highest BCUT2D eigenvalue weighted by Crippen LogP contribution is 2.29. The maximum absolute atomic E-state index is 12.3. The Hall–Kier alpha value is -3.02. The van der Waals surface area contributed by atoms with Crippen molar-refractivity contribution >= 4 is 17.8 Å². The van der Waals surface area contributed by atoms with Crippen molar-refractivity contribution < 1.29 is 19.1 Å². The molecular formula is C17H18N2O4. The molecule has 0 bridgehead atoms. The minimum absolute atomic E-state index is 0.244. The van der Waals surface area contributed by atoms with Gasteiger partial charge in [0.05, 0.1) is 26.1 Å². The van der Waals surface area contributed by atoms with E-state index in [1.54, 1.807) is 62.9 Å². The fraction of sp³-hybridized carbons (Fsp3) is 0.176. The van der Waals surface area contributed by atoms with Crippen LogP contribution in [0.15, 0.2) is 47.6 Å². The Morgan fingerprint density at radius 2 is 1.78 bits per heavy atom. The van der Waals surface area contributed by atoms with E-state index in [1.807, 2.05) is 0 Å². The molecule has 0 saturated carbocycles. The predicted octanol–water partition coefficient (Wildman–Crippen LogP) is 2.94. The minimum Gasteiger partial charge on any atom is -0.497 e. The van der Waals surface area contributed by atoms with Crippen LogP contribution in [0.4, 0.5) is 5.69 Å². The molecule has 0 radical (unpaired) electrons. The maximum atomic E-state index is 12.3. The standard InChI is InChI=1S/C17H18N2O4/c1-21-14-8-9-16(22-2)15(10-14)19-17(20)13-6-4-12(5-7-13)11-18-23-3/h4-11H,1-3H3,(H,19,20)/b18-11+. The number of hydrogen-bond donors (Lipinski definition) is 1. The quantitative estimate of drug-likeness (QED) is 0.657. The van der Waals surface area contributed by atoms with Crippen LogP contribution < -0.4 is 14.8 Å². The molecule has 0 heterocycles. The van der Waals surface area contributed by atoms with Crippen LogP contribution in [0.1, 0.15) is 15.9 Å². The molecule has 23 heavy (non-hydrogen) atoms. The lowest BCUT2D eigenvalue weighted by Crippen LogP contribution is -2.12. The van der Waals surface area contributed by atoms with Gasteiger partial charge in [0.25, 0.3) is 5.91 Å². The lowest BCUT2D eigenvalue weighted by Gasteiger charge is -2.11. The summed E-state index contributed by atoms with van der Waals surface area (Å²) in [4.78, 5) is 17.0. The molecule has 2 rings (SSSR count). The summed E-state index contributed by atoms with van der Waals surface area (Å²) in [6, 6.07) is 12.2. The van der Waals surface area contributed by atoms with Crippen LogP contribution in [0.5, 0.6) is 11.5 Å². The molecule has 0 aromatic heterocycles. The zero-order chi connectivity index (χ0) is 16.7. The Labute approximate surface area is 134 Å². The van der Waals surface area contributed by atoms with Crippen molar-refractivity contribution in [1.29, 1.82) is 0 Å². The van der Waals surface area contributed by atoms with Crippen molar-refractivity contribution in [2.45, 2.75) is 0 Å². The highest BCUT2D eigenvalue weighted by molar-refractivity contribution is 6.05. The summed E-state index contributed by atoms with van der Waals surface area (Å²) in [5.74, 6) is 0.946. The van der Waals surface area contributed by atoms with Gasteiger partial charge in [0.1, 0.15) is 18.6 Å². The minimum atomic E-state index is -0.244. The SMILES string of the molecule is CO/N=C/c1ccc(C(=O)Nc2cc(OC)ccc2OC)cc1. The topological polar surface area (TPSA) is 69.2 Å². The van der Waals surface area contributed by atoms with Gasteiger partial charge in [0.15, 0.2) is 0 Å². The van der Waals surface area contributed by atoms with Gasteiger partial charge in [-0.25, -0.2) is 0 Å². The molecule has 1 N–H and O–H groups in total. The number of amides is 1. The molecule has 0 fully saturated rings. The van der Waals surface area contributed by atoms with Gasteiger partial charge in [-0.2, -0.15) is 0 Å². The Balaban J connectivity index is 2.17. The Kier molecular flexibility index (Phi) is 5.57. The van der Waals surface area contributed by atoms with Gasteiger partial charge < -0.3 is 19.6 Å². The van der Waals surface area contributed by atoms with Crippen LogP contribution in [-0.2, 0) is 4.84 Å². The molecule has 0 unspecified atom stereocenters. The zero-order valence-corrected chi connectivity index (χ0v) is 13.2. The number of benzene rings is 2. The maximum Gasteiger partial charge on any atom is 0.255 e. The summed E-state index contributed by atoms with van der Waals surface area (Å²) >= 11 is 0. The fourth-order valence-corrected chi connectivity index (χ4v) is 1.94. The first-order valence-corrected chi connectivity index (χ1v) is 6.88. The average molecular weight is 314 g/mol. The highest BCUT2D eigenvalue weighted by Gasteiger charge is 2.11. The number of carbonyl (C=O) groups excluding carboxylic acids is 1. The van der Waals surface area contributed by atoms with Crippen molar-refractivity contribution in [3.8, 4) is 11.5 Å². The van der Waals surface area contributed by atoms with Crippen molar-refractivity contribution in [3.63, 3.8) is 0 Å². The number of nitrogens with zero attached hydrogens (tertiary/aromatic N) is 1. The summed E-state index contributed by atoms with van der Waals surface area (Å²) in [6.45, 7) is 0. The second kappa shape index (κ2) is 7.84. The molecule has 2 aromatic rings. The van der Waals surface area contributed by atoms with E-state index < -0.39 is 0 Å². The third-order valence-electron chi connectivity index (χ3n) is 3.13.